The van der Waals surface area contributed by atoms with Crippen molar-refractivity contribution in [3.8, 4) is 5.75 Å². The number of ether oxygens (including phenoxy) is 1. The fraction of sp³-hybridized carbons (Fsp3) is 0.400. The summed E-state index contributed by atoms with van der Waals surface area (Å²) in [5.74, 6) is 0.664. The summed E-state index contributed by atoms with van der Waals surface area (Å²) in [5, 5.41) is 0.741. The minimum Gasteiger partial charge on any atom is -0.493 e. The first-order valence-corrected chi connectivity index (χ1v) is 7.26. The number of rotatable bonds is 5. The fourth-order valence-corrected chi connectivity index (χ4v) is 2.14. The molecule has 1 rings (SSSR count). The first-order chi connectivity index (χ1) is 7.48. The molecule has 0 radical (unpaired) electrons. The third-order valence-corrected chi connectivity index (χ3v) is 4.10. The Bertz CT molecular complexity index is 428. The van der Waals surface area contributed by atoms with Crippen molar-refractivity contribution in [1.82, 2.24) is 4.31 Å². The van der Waals surface area contributed by atoms with Gasteiger partial charge in [0.15, 0.2) is 0 Å². The Labute approximate surface area is 104 Å². The van der Waals surface area contributed by atoms with Gasteiger partial charge >= 0.3 is 0 Å². The van der Waals surface area contributed by atoms with E-state index in [0.29, 0.717) is 12.4 Å². The Balaban J connectivity index is 2.87. The molecule has 6 heteroatoms. The van der Waals surface area contributed by atoms with Crippen molar-refractivity contribution in [2.45, 2.75) is 4.90 Å². The third-order valence-electron chi connectivity index (χ3n) is 1.95. The zero-order valence-electron chi connectivity index (χ0n) is 9.18. The molecule has 90 valence electrons. The van der Waals surface area contributed by atoms with E-state index in [1.807, 2.05) is 0 Å². The number of sulfonamides is 1. The highest BCUT2D eigenvalue weighted by Crippen LogP contribution is 2.17. The quantitative estimate of drug-likeness (QED) is 0.778. The van der Waals surface area contributed by atoms with Crippen LogP contribution in [0.5, 0.6) is 5.75 Å². The number of halogens is 1. The van der Waals surface area contributed by atoms with E-state index in [2.05, 4.69) is 15.9 Å². The van der Waals surface area contributed by atoms with Crippen LogP contribution >= 0.6 is 15.9 Å². The standard InChI is InChI=1S/C10H14BrNO3S/c1-12(2)16(13,14)10-5-3-9(4-6-10)15-8-7-11/h3-6H,7-8H2,1-2H3. The second kappa shape index (κ2) is 5.65. The van der Waals surface area contributed by atoms with Gasteiger partial charge in [-0.05, 0) is 24.3 Å². The number of nitrogens with zero attached hydrogens (tertiary/aromatic N) is 1. The van der Waals surface area contributed by atoms with Gasteiger partial charge in [-0.3, -0.25) is 0 Å². The monoisotopic (exact) mass is 307 g/mol. The highest BCUT2D eigenvalue weighted by atomic mass is 79.9. The molecule has 1 aromatic carbocycles. The van der Waals surface area contributed by atoms with E-state index in [1.54, 1.807) is 24.3 Å². The molecule has 0 aliphatic rings. The molecule has 0 N–H and O–H groups in total. The lowest BCUT2D eigenvalue weighted by Crippen LogP contribution is -2.22. The summed E-state index contributed by atoms with van der Waals surface area (Å²) in [6.45, 7) is 0.555. The lowest BCUT2D eigenvalue weighted by atomic mass is 10.3. The van der Waals surface area contributed by atoms with Gasteiger partial charge in [0.1, 0.15) is 5.75 Å². The maximum atomic E-state index is 11.7. The highest BCUT2D eigenvalue weighted by Gasteiger charge is 2.16. The van der Waals surface area contributed by atoms with Crippen LogP contribution in [0.2, 0.25) is 0 Å². The van der Waals surface area contributed by atoms with Crippen molar-refractivity contribution >= 4 is 26.0 Å². The maximum Gasteiger partial charge on any atom is 0.242 e. The number of hydrogen-bond donors (Lipinski definition) is 0. The van der Waals surface area contributed by atoms with Crippen LogP contribution in [0.25, 0.3) is 0 Å². The predicted molar refractivity (Wildman–Crippen MR) is 66.6 cm³/mol. The summed E-state index contributed by atoms with van der Waals surface area (Å²) in [4.78, 5) is 0.267. The average molecular weight is 308 g/mol. The minimum atomic E-state index is -3.35. The molecule has 0 heterocycles. The molecule has 1 aromatic rings. The average Bonchev–Trinajstić information content (AvgIpc) is 2.26. The molecule has 0 saturated heterocycles. The van der Waals surface area contributed by atoms with Crippen LogP contribution in [-0.2, 0) is 10.0 Å². The second-order valence-corrected chi connectivity index (χ2v) is 6.24. The highest BCUT2D eigenvalue weighted by molar-refractivity contribution is 9.09. The molecular formula is C10H14BrNO3S. The summed E-state index contributed by atoms with van der Waals surface area (Å²) >= 11 is 3.24. The smallest absolute Gasteiger partial charge is 0.242 e. The van der Waals surface area contributed by atoms with E-state index >= 15 is 0 Å². The van der Waals surface area contributed by atoms with Gasteiger partial charge in [0, 0.05) is 19.4 Å². The number of hydrogen-bond acceptors (Lipinski definition) is 3. The van der Waals surface area contributed by atoms with Gasteiger partial charge in [0.05, 0.1) is 11.5 Å². The molecule has 16 heavy (non-hydrogen) atoms. The normalized spacial score (nSPS) is 11.8. The van der Waals surface area contributed by atoms with Crippen molar-refractivity contribution in [3.05, 3.63) is 24.3 Å². The summed E-state index contributed by atoms with van der Waals surface area (Å²) in [5.41, 5.74) is 0. The van der Waals surface area contributed by atoms with Gasteiger partial charge in [-0.1, -0.05) is 15.9 Å². The molecule has 0 spiro atoms. The lowest BCUT2D eigenvalue weighted by Gasteiger charge is -2.11. The molecule has 0 fully saturated rings. The second-order valence-electron chi connectivity index (χ2n) is 3.30. The molecule has 0 saturated carbocycles. The van der Waals surface area contributed by atoms with Crippen molar-refractivity contribution < 1.29 is 13.2 Å². The fourth-order valence-electron chi connectivity index (χ4n) is 1.08. The SMILES string of the molecule is CN(C)S(=O)(=O)c1ccc(OCCBr)cc1. The predicted octanol–water partition coefficient (Wildman–Crippen LogP) is 1.71. The molecule has 0 bridgehead atoms. The Morgan fingerprint density at radius 3 is 2.25 bits per heavy atom. The molecule has 0 atom stereocenters. The van der Waals surface area contributed by atoms with Crippen molar-refractivity contribution in [2.75, 3.05) is 26.0 Å². The van der Waals surface area contributed by atoms with Crippen LogP contribution in [0.3, 0.4) is 0 Å². The summed E-state index contributed by atoms with van der Waals surface area (Å²) in [6, 6.07) is 6.38. The molecule has 0 amide bonds. The Kier molecular flexibility index (Phi) is 4.76. The van der Waals surface area contributed by atoms with Crippen molar-refractivity contribution in [2.24, 2.45) is 0 Å². The Morgan fingerprint density at radius 2 is 1.81 bits per heavy atom. The van der Waals surface area contributed by atoms with Crippen LogP contribution in [-0.4, -0.2) is 38.8 Å². The van der Waals surface area contributed by atoms with Gasteiger partial charge in [-0.15, -0.1) is 0 Å². The van der Waals surface area contributed by atoms with Crippen LogP contribution in [0.4, 0.5) is 0 Å². The van der Waals surface area contributed by atoms with Crippen LogP contribution < -0.4 is 4.74 Å². The summed E-state index contributed by atoms with van der Waals surface area (Å²) in [7, 11) is -0.337. The van der Waals surface area contributed by atoms with E-state index < -0.39 is 10.0 Å². The number of alkyl halides is 1. The largest absolute Gasteiger partial charge is 0.493 e. The van der Waals surface area contributed by atoms with Crippen LogP contribution in [0.15, 0.2) is 29.2 Å². The first kappa shape index (κ1) is 13.5. The summed E-state index contributed by atoms with van der Waals surface area (Å²) < 4.78 is 30.0. The minimum absolute atomic E-state index is 0.267. The molecule has 0 aromatic heterocycles. The van der Waals surface area contributed by atoms with Gasteiger partial charge in [-0.2, -0.15) is 0 Å². The first-order valence-electron chi connectivity index (χ1n) is 4.70. The van der Waals surface area contributed by atoms with E-state index in [4.69, 9.17) is 4.74 Å². The van der Waals surface area contributed by atoms with Crippen molar-refractivity contribution in [1.29, 1.82) is 0 Å². The van der Waals surface area contributed by atoms with E-state index in [-0.39, 0.29) is 4.90 Å². The Hall–Kier alpha value is -0.590. The Morgan fingerprint density at radius 1 is 1.25 bits per heavy atom. The van der Waals surface area contributed by atoms with Gasteiger partial charge < -0.3 is 4.74 Å². The van der Waals surface area contributed by atoms with Crippen LogP contribution in [0.1, 0.15) is 0 Å². The zero-order valence-corrected chi connectivity index (χ0v) is 11.6. The van der Waals surface area contributed by atoms with Gasteiger partial charge in [-0.25, -0.2) is 12.7 Å². The zero-order chi connectivity index (χ0) is 12.2. The van der Waals surface area contributed by atoms with Gasteiger partial charge in [0.25, 0.3) is 0 Å². The maximum absolute atomic E-state index is 11.7. The molecule has 0 aliphatic heterocycles. The molecule has 0 aliphatic carbocycles. The van der Waals surface area contributed by atoms with E-state index in [1.165, 1.54) is 18.4 Å². The number of benzene rings is 1. The molecule has 0 unspecified atom stereocenters. The summed E-state index contributed by atoms with van der Waals surface area (Å²) in [6.07, 6.45) is 0. The van der Waals surface area contributed by atoms with Gasteiger partial charge in [0.2, 0.25) is 10.0 Å². The lowest BCUT2D eigenvalue weighted by molar-refractivity contribution is 0.345. The van der Waals surface area contributed by atoms with Crippen LogP contribution in [0, 0.1) is 0 Å². The molecule has 4 nitrogen and oxygen atoms in total. The van der Waals surface area contributed by atoms with E-state index in [9.17, 15) is 8.42 Å². The third kappa shape index (κ3) is 3.20. The van der Waals surface area contributed by atoms with E-state index in [0.717, 1.165) is 5.33 Å². The topological polar surface area (TPSA) is 46.6 Å². The molecular weight excluding hydrogens is 294 g/mol. The van der Waals surface area contributed by atoms with Crippen molar-refractivity contribution in [3.63, 3.8) is 0 Å².